The highest BCUT2D eigenvalue weighted by molar-refractivity contribution is 6.46. The maximum atomic E-state index is 14.4. The average molecular weight is 486 g/mol. The van der Waals surface area contributed by atoms with Crippen molar-refractivity contribution in [3.8, 4) is 0 Å². The zero-order chi connectivity index (χ0) is 23.7. The summed E-state index contributed by atoms with van der Waals surface area (Å²) in [6, 6.07) is 15.4. The second-order valence-corrected chi connectivity index (χ2v) is 8.00. The highest BCUT2D eigenvalue weighted by Crippen LogP contribution is 2.38. The van der Waals surface area contributed by atoms with Crippen molar-refractivity contribution in [2.75, 3.05) is 5.32 Å². The average Bonchev–Trinajstić information content (AvgIpc) is 3.13. The number of Topliss-reactive ketones (excluding diaryl/α,β-unsaturated/α-hetero) is 2. The first-order valence-electron chi connectivity index (χ1n) is 9.67. The maximum Gasteiger partial charge on any atom is 0.339 e. The summed E-state index contributed by atoms with van der Waals surface area (Å²) < 4.78 is 19.7. The quantitative estimate of drug-likeness (QED) is 0.228. The van der Waals surface area contributed by atoms with Gasteiger partial charge in [-0.1, -0.05) is 53.5 Å². The van der Waals surface area contributed by atoms with Crippen LogP contribution in [0.3, 0.4) is 0 Å². The van der Waals surface area contributed by atoms with Gasteiger partial charge >= 0.3 is 5.97 Å². The molecule has 1 aliphatic heterocycles. The van der Waals surface area contributed by atoms with Gasteiger partial charge < -0.3 is 10.1 Å². The van der Waals surface area contributed by atoms with Gasteiger partial charge in [-0.05, 0) is 36.4 Å². The van der Waals surface area contributed by atoms with Crippen molar-refractivity contribution in [1.29, 1.82) is 0 Å². The van der Waals surface area contributed by atoms with Crippen molar-refractivity contribution in [3.63, 3.8) is 0 Å². The Labute approximate surface area is 197 Å². The van der Waals surface area contributed by atoms with Gasteiger partial charge in [0.25, 0.3) is 5.91 Å². The summed E-state index contributed by atoms with van der Waals surface area (Å²) in [6.45, 7) is 0. The Balaban J connectivity index is 1.72. The minimum Gasteiger partial charge on any atom is -0.453 e. The Bertz CT molecular complexity index is 1310. The fraction of sp³-hybridized carbons (Fsp3) is 0.0833. The molecule has 0 aromatic heterocycles. The molecule has 0 bridgehead atoms. The summed E-state index contributed by atoms with van der Waals surface area (Å²) in [7, 11) is 0. The van der Waals surface area contributed by atoms with Crippen LogP contribution in [-0.2, 0) is 14.3 Å². The normalized spacial score (nSPS) is 15.4. The van der Waals surface area contributed by atoms with Crippen LogP contribution in [0.1, 0.15) is 32.4 Å². The lowest BCUT2D eigenvalue weighted by molar-refractivity contribution is -0.138. The molecule has 0 saturated carbocycles. The zero-order valence-corrected chi connectivity index (χ0v) is 18.2. The first kappa shape index (κ1) is 22.6. The van der Waals surface area contributed by atoms with Gasteiger partial charge in [0.15, 0.2) is 5.78 Å². The van der Waals surface area contributed by atoms with Crippen LogP contribution in [0.4, 0.5) is 10.1 Å². The molecule has 2 atom stereocenters. The van der Waals surface area contributed by atoms with E-state index in [1.54, 1.807) is 12.1 Å². The molecule has 0 spiro atoms. The monoisotopic (exact) mass is 485 g/mol. The van der Waals surface area contributed by atoms with E-state index in [1.165, 1.54) is 48.5 Å². The number of esters is 1. The van der Waals surface area contributed by atoms with E-state index in [4.69, 9.17) is 27.9 Å². The van der Waals surface area contributed by atoms with Crippen LogP contribution in [0.2, 0.25) is 10.0 Å². The molecule has 9 heteroatoms. The van der Waals surface area contributed by atoms with Crippen molar-refractivity contribution in [1.82, 2.24) is 0 Å². The Morgan fingerprint density at radius 1 is 0.939 bits per heavy atom. The number of carbonyl (C=O) groups is 4. The Kier molecular flexibility index (Phi) is 6.26. The van der Waals surface area contributed by atoms with Crippen molar-refractivity contribution in [2.45, 2.75) is 6.10 Å². The highest BCUT2D eigenvalue weighted by Gasteiger charge is 2.46. The number of hydrogen-bond donors (Lipinski definition) is 1. The van der Waals surface area contributed by atoms with E-state index < -0.39 is 46.8 Å². The van der Waals surface area contributed by atoms with Gasteiger partial charge in [-0.3, -0.25) is 14.4 Å². The molecule has 3 aromatic rings. The molecular formula is C24H14Cl2FNO5. The van der Waals surface area contributed by atoms with Crippen LogP contribution in [0.15, 0.2) is 66.7 Å². The van der Waals surface area contributed by atoms with Gasteiger partial charge in [-0.2, -0.15) is 0 Å². The van der Waals surface area contributed by atoms with Crippen molar-refractivity contribution >= 4 is 52.3 Å². The van der Waals surface area contributed by atoms with Crippen LogP contribution < -0.4 is 5.32 Å². The van der Waals surface area contributed by atoms with Crippen molar-refractivity contribution < 1.29 is 28.3 Å². The van der Waals surface area contributed by atoms with E-state index in [0.29, 0.717) is 0 Å². The van der Waals surface area contributed by atoms with Gasteiger partial charge in [-0.15, -0.1) is 0 Å². The minimum absolute atomic E-state index is 0.138. The van der Waals surface area contributed by atoms with E-state index in [9.17, 15) is 23.6 Å². The molecule has 33 heavy (non-hydrogen) atoms. The van der Waals surface area contributed by atoms with E-state index in [1.807, 2.05) is 0 Å². The van der Waals surface area contributed by atoms with E-state index >= 15 is 0 Å². The van der Waals surface area contributed by atoms with E-state index in [-0.39, 0.29) is 26.9 Å². The first-order valence-corrected chi connectivity index (χ1v) is 10.4. The van der Waals surface area contributed by atoms with E-state index in [2.05, 4.69) is 5.32 Å². The standard InChI is InChI=1S/C24H14Cl2FNO5/c25-16-10-9-12(11-17(16)26)28-23(31)21(30)19(20(29)15-7-3-4-8-18(15)27)22-13-5-1-2-6-14(13)24(32)33-22/h1-11,19,22H,(H,28,31)/t19-,22+/m0/s1. The van der Waals surface area contributed by atoms with Gasteiger partial charge in [0.1, 0.15) is 17.8 Å². The van der Waals surface area contributed by atoms with Crippen molar-refractivity contribution in [3.05, 3.63) is 99.3 Å². The third-order valence-electron chi connectivity index (χ3n) is 5.13. The number of rotatable bonds is 6. The third-order valence-corrected chi connectivity index (χ3v) is 5.87. The number of amides is 1. The van der Waals surface area contributed by atoms with Gasteiger partial charge in [0, 0.05) is 11.3 Å². The molecule has 0 aliphatic carbocycles. The number of fused-ring (bicyclic) bond motifs is 1. The number of carbonyl (C=O) groups excluding carboxylic acids is 4. The van der Waals surface area contributed by atoms with Crippen LogP contribution in [-0.4, -0.2) is 23.4 Å². The van der Waals surface area contributed by atoms with Gasteiger partial charge in [0.2, 0.25) is 5.78 Å². The SMILES string of the molecule is O=C(Nc1ccc(Cl)c(Cl)c1)C(=O)[C@H](C(=O)c1ccccc1F)[C@@H]1OC(=O)c2ccccc21. The maximum absolute atomic E-state index is 14.4. The number of nitrogens with one attached hydrogen (secondary N) is 1. The number of ether oxygens (including phenoxy) is 1. The molecule has 166 valence electrons. The van der Waals surface area contributed by atoms with Crippen LogP contribution in [0, 0.1) is 11.7 Å². The number of halogens is 3. The smallest absolute Gasteiger partial charge is 0.339 e. The summed E-state index contributed by atoms with van der Waals surface area (Å²) in [5.74, 6) is -6.79. The molecule has 3 aromatic carbocycles. The number of hydrogen-bond acceptors (Lipinski definition) is 5. The second kappa shape index (κ2) is 9.13. The van der Waals surface area contributed by atoms with Gasteiger partial charge in [-0.25, -0.2) is 9.18 Å². The molecule has 0 saturated heterocycles. The lowest BCUT2D eigenvalue weighted by Crippen LogP contribution is -2.38. The molecule has 0 fully saturated rings. The Morgan fingerprint density at radius 2 is 1.64 bits per heavy atom. The largest absolute Gasteiger partial charge is 0.453 e. The molecular weight excluding hydrogens is 472 g/mol. The van der Waals surface area contributed by atoms with Crippen LogP contribution in [0.5, 0.6) is 0 Å². The number of benzene rings is 3. The molecule has 0 radical (unpaired) electrons. The molecule has 1 heterocycles. The third kappa shape index (κ3) is 4.37. The molecule has 4 rings (SSSR count). The molecule has 1 amide bonds. The second-order valence-electron chi connectivity index (χ2n) is 7.18. The lowest BCUT2D eigenvalue weighted by Gasteiger charge is -2.21. The number of cyclic esters (lactones) is 1. The Hall–Kier alpha value is -3.55. The highest BCUT2D eigenvalue weighted by atomic mass is 35.5. The summed E-state index contributed by atoms with van der Waals surface area (Å²) >= 11 is 11.8. The predicted molar refractivity (Wildman–Crippen MR) is 119 cm³/mol. The molecule has 1 N–H and O–H groups in total. The first-order chi connectivity index (χ1) is 15.8. The summed E-state index contributed by atoms with van der Waals surface area (Å²) in [6.07, 6.45) is -1.40. The Morgan fingerprint density at radius 3 is 2.36 bits per heavy atom. The summed E-state index contributed by atoms with van der Waals surface area (Å²) in [5, 5.41) is 2.73. The zero-order valence-electron chi connectivity index (χ0n) is 16.7. The minimum atomic E-state index is -1.81. The van der Waals surface area contributed by atoms with Crippen molar-refractivity contribution in [2.24, 2.45) is 5.92 Å². The molecule has 6 nitrogen and oxygen atoms in total. The summed E-state index contributed by atoms with van der Waals surface area (Å²) in [5.41, 5.74) is 0.168. The van der Waals surface area contributed by atoms with Gasteiger partial charge in [0.05, 0.1) is 21.2 Å². The number of ketones is 2. The topological polar surface area (TPSA) is 89.5 Å². The molecule has 0 unspecified atom stereocenters. The number of anilines is 1. The summed E-state index contributed by atoms with van der Waals surface area (Å²) in [4.78, 5) is 51.6. The molecule has 1 aliphatic rings. The fourth-order valence-electron chi connectivity index (χ4n) is 3.55. The fourth-order valence-corrected chi connectivity index (χ4v) is 3.85. The van der Waals surface area contributed by atoms with E-state index in [0.717, 1.165) is 6.07 Å². The predicted octanol–water partition coefficient (Wildman–Crippen LogP) is 5.05. The van der Waals surface area contributed by atoms with Crippen LogP contribution in [0.25, 0.3) is 0 Å². The lowest BCUT2D eigenvalue weighted by atomic mass is 9.84. The van der Waals surface area contributed by atoms with Crippen LogP contribution >= 0.6 is 23.2 Å².